The number of carbonyl (C=O) groups excluding carboxylic acids is 2. The van der Waals surface area contributed by atoms with Gasteiger partial charge >= 0.3 is 5.97 Å². The Bertz CT molecular complexity index is 956. The maximum Gasteiger partial charge on any atom is 0.325 e. The quantitative estimate of drug-likeness (QED) is 0.431. The fraction of sp³-hybridized carbons (Fsp3) is 0.105. The highest BCUT2D eigenvalue weighted by atomic mass is 127. The molecule has 0 spiro atoms. The summed E-state index contributed by atoms with van der Waals surface area (Å²) in [6.45, 7) is -0.352. The molecule has 0 fully saturated rings. The van der Waals surface area contributed by atoms with Crippen LogP contribution in [0.3, 0.4) is 0 Å². The number of hydrogen-bond acceptors (Lipinski definition) is 5. The SMILES string of the molecule is O=C(CNC(=O)c1ccccc1I)OCc1coc(-c2ccc(F)cc2)n1. The largest absolute Gasteiger partial charge is 0.458 e. The number of nitrogens with one attached hydrogen (secondary N) is 1. The van der Waals surface area contributed by atoms with Gasteiger partial charge in [-0.15, -0.1) is 0 Å². The molecule has 1 heterocycles. The first-order valence-electron chi connectivity index (χ1n) is 7.91. The van der Waals surface area contributed by atoms with Crippen LogP contribution in [0, 0.1) is 9.39 Å². The average molecular weight is 480 g/mol. The van der Waals surface area contributed by atoms with Crippen LogP contribution in [0.15, 0.2) is 59.2 Å². The molecule has 2 aromatic carbocycles. The first-order chi connectivity index (χ1) is 13.0. The van der Waals surface area contributed by atoms with E-state index in [4.69, 9.17) is 9.15 Å². The van der Waals surface area contributed by atoms with Gasteiger partial charge in [0.2, 0.25) is 5.89 Å². The number of rotatable bonds is 6. The molecule has 0 bridgehead atoms. The molecule has 0 saturated heterocycles. The van der Waals surface area contributed by atoms with E-state index in [0.717, 1.165) is 3.57 Å². The maximum absolute atomic E-state index is 12.9. The summed E-state index contributed by atoms with van der Waals surface area (Å²) in [6, 6.07) is 12.7. The lowest BCUT2D eigenvalue weighted by molar-refractivity contribution is -0.143. The second kappa shape index (κ2) is 8.76. The minimum absolute atomic E-state index is 0.0950. The first kappa shape index (κ1) is 19.0. The molecule has 0 aliphatic rings. The Balaban J connectivity index is 1.49. The Hall–Kier alpha value is -2.75. The molecule has 0 aliphatic carbocycles. The van der Waals surface area contributed by atoms with Crippen LogP contribution in [0.1, 0.15) is 16.1 Å². The molecule has 0 aliphatic heterocycles. The molecular weight excluding hydrogens is 466 g/mol. The van der Waals surface area contributed by atoms with Crippen LogP contribution in [0.4, 0.5) is 4.39 Å². The molecule has 0 saturated carbocycles. The van der Waals surface area contributed by atoms with Crippen LogP contribution in [-0.4, -0.2) is 23.4 Å². The van der Waals surface area contributed by atoms with Gasteiger partial charge in [-0.1, -0.05) is 12.1 Å². The van der Waals surface area contributed by atoms with E-state index in [1.807, 2.05) is 28.7 Å². The number of benzene rings is 2. The number of nitrogens with zero attached hydrogens (tertiary/aromatic N) is 1. The Kier molecular flexibility index (Phi) is 6.17. The molecule has 27 heavy (non-hydrogen) atoms. The van der Waals surface area contributed by atoms with Crippen molar-refractivity contribution in [1.82, 2.24) is 10.3 Å². The molecule has 0 unspecified atom stereocenters. The van der Waals surface area contributed by atoms with Crippen molar-refractivity contribution >= 4 is 34.5 Å². The summed E-state index contributed by atoms with van der Waals surface area (Å²) in [5.74, 6) is -1.00. The van der Waals surface area contributed by atoms with Gasteiger partial charge < -0.3 is 14.5 Å². The summed E-state index contributed by atoms with van der Waals surface area (Å²) in [5, 5.41) is 2.51. The van der Waals surface area contributed by atoms with Gasteiger partial charge in [0.05, 0.1) is 5.56 Å². The number of oxazole rings is 1. The van der Waals surface area contributed by atoms with Gasteiger partial charge in [0, 0.05) is 9.13 Å². The summed E-state index contributed by atoms with van der Waals surface area (Å²) >= 11 is 2.05. The van der Waals surface area contributed by atoms with Gasteiger partial charge in [-0.25, -0.2) is 9.37 Å². The number of halogens is 2. The van der Waals surface area contributed by atoms with E-state index in [2.05, 4.69) is 10.3 Å². The number of hydrogen-bond donors (Lipinski definition) is 1. The van der Waals surface area contributed by atoms with E-state index in [0.29, 0.717) is 22.7 Å². The monoisotopic (exact) mass is 480 g/mol. The van der Waals surface area contributed by atoms with Crippen LogP contribution < -0.4 is 5.32 Å². The minimum Gasteiger partial charge on any atom is -0.458 e. The van der Waals surface area contributed by atoms with Gasteiger partial charge in [-0.3, -0.25) is 9.59 Å². The highest BCUT2D eigenvalue weighted by Gasteiger charge is 2.13. The molecule has 0 atom stereocenters. The Morgan fingerprint density at radius 1 is 1.15 bits per heavy atom. The number of esters is 1. The molecule has 1 N–H and O–H groups in total. The molecule has 1 aromatic heterocycles. The van der Waals surface area contributed by atoms with Crippen molar-refractivity contribution < 1.29 is 23.1 Å². The predicted octanol–water partition coefficient (Wildman–Crippen LogP) is 3.56. The van der Waals surface area contributed by atoms with Crippen molar-refractivity contribution in [3.8, 4) is 11.5 Å². The molecule has 138 valence electrons. The van der Waals surface area contributed by atoms with Crippen molar-refractivity contribution in [3.63, 3.8) is 0 Å². The van der Waals surface area contributed by atoms with E-state index >= 15 is 0 Å². The standard InChI is InChI=1S/C19H14FIN2O4/c20-13-7-5-12(6-8-13)19-23-14(11-27-19)10-26-17(24)9-22-18(25)15-3-1-2-4-16(15)21/h1-8,11H,9-10H2,(H,22,25). The van der Waals surface area contributed by atoms with Crippen LogP contribution >= 0.6 is 22.6 Å². The zero-order valence-electron chi connectivity index (χ0n) is 13.9. The second-order valence-corrected chi connectivity index (χ2v) is 6.64. The third kappa shape index (κ3) is 5.13. The number of ether oxygens (including phenoxy) is 1. The Morgan fingerprint density at radius 2 is 1.89 bits per heavy atom. The van der Waals surface area contributed by atoms with Gasteiger partial charge in [0.25, 0.3) is 5.91 Å². The number of carbonyl (C=O) groups is 2. The van der Waals surface area contributed by atoms with E-state index in [9.17, 15) is 14.0 Å². The topological polar surface area (TPSA) is 81.4 Å². The van der Waals surface area contributed by atoms with Crippen LogP contribution in [-0.2, 0) is 16.1 Å². The highest BCUT2D eigenvalue weighted by Crippen LogP contribution is 2.19. The molecule has 3 rings (SSSR count). The summed E-state index contributed by atoms with van der Waals surface area (Å²) in [5.41, 5.74) is 1.51. The Morgan fingerprint density at radius 3 is 2.63 bits per heavy atom. The molecule has 0 radical (unpaired) electrons. The van der Waals surface area contributed by atoms with Crippen LogP contribution in [0.25, 0.3) is 11.5 Å². The third-order valence-electron chi connectivity index (χ3n) is 3.54. The molecule has 3 aromatic rings. The summed E-state index contributed by atoms with van der Waals surface area (Å²) in [4.78, 5) is 28.0. The van der Waals surface area contributed by atoms with Crippen LogP contribution in [0.5, 0.6) is 0 Å². The summed E-state index contributed by atoms with van der Waals surface area (Å²) in [7, 11) is 0. The van der Waals surface area contributed by atoms with Crippen molar-refractivity contribution in [2.24, 2.45) is 0 Å². The normalized spacial score (nSPS) is 10.4. The summed E-state index contributed by atoms with van der Waals surface area (Å²) < 4.78 is 24.1. The third-order valence-corrected chi connectivity index (χ3v) is 4.48. The minimum atomic E-state index is -0.597. The molecule has 8 heteroatoms. The highest BCUT2D eigenvalue weighted by molar-refractivity contribution is 14.1. The van der Waals surface area contributed by atoms with E-state index < -0.39 is 5.97 Å². The van der Waals surface area contributed by atoms with Crippen molar-refractivity contribution in [2.75, 3.05) is 6.54 Å². The van der Waals surface area contributed by atoms with Crippen LogP contribution in [0.2, 0.25) is 0 Å². The fourth-order valence-corrected chi connectivity index (χ4v) is 2.83. The van der Waals surface area contributed by atoms with E-state index in [1.165, 1.54) is 30.5 Å². The smallest absolute Gasteiger partial charge is 0.325 e. The number of amides is 1. The molecule has 1 amide bonds. The van der Waals surface area contributed by atoms with Crippen molar-refractivity contribution in [3.05, 3.63) is 75.4 Å². The van der Waals surface area contributed by atoms with Gasteiger partial charge in [-0.05, 0) is 59.0 Å². The van der Waals surface area contributed by atoms with Gasteiger partial charge in [0.15, 0.2) is 0 Å². The number of aromatic nitrogens is 1. The van der Waals surface area contributed by atoms with Crippen molar-refractivity contribution in [1.29, 1.82) is 0 Å². The lowest BCUT2D eigenvalue weighted by Gasteiger charge is -2.06. The first-order valence-corrected chi connectivity index (χ1v) is 8.99. The van der Waals surface area contributed by atoms with Gasteiger partial charge in [0.1, 0.15) is 30.9 Å². The predicted molar refractivity (Wildman–Crippen MR) is 103 cm³/mol. The molecule has 6 nitrogen and oxygen atoms in total. The lowest BCUT2D eigenvalue weighted by Crippen LogP contribution is -2.31. The zero-order chi connectivity index (χ0) is 19.2. The van der Waals surface area contributed by atoms with Gasteiger partial charge in [-0.2, -0.15) is 0 Å². The average Bonchev–Trinajstić information content (AvgIpc) is 3.14. The van der Waals surface area contributed by atoms with Crippen molar-refractivity contribution in [2.45, 2.75) is 6.61 Å². The second-order valence-electron chi connectivity index (χ2n) is 5.47. The fourth-order valence-electron chi connectivity index (χ4n) is 2.20. The lowest BCUT2D eigenvalue weighted by atomic mass is 10.2. The zero-order valence-corrected chi connectivity index (χ0v) is 16.1. The summed E-state index contributed by atoms with van der Waals surface area (Å²) in [6.07, 6.45) is 1.36. The maximum atomic E-state index is 12.9. The molecular formula is C19H14FIN2O4. The van der Waals surface area contributed by atoms with E-state index in [-0.39, 0.29) is 24.9 Å². The van der Waals surface area contributed by atoms with E-state index in [1.54, 1.807) is 18.2 Å². The Labute approximate surface area is 167 Å².